The van der Waals surface area contributed by atoms with Crippen LogP contribution in [0.4, 0.5) is 5.88 Å². The monoisotopic (exact) mass is 240 g/mol. The second kappa shape index (κ2) is 5.69. The zero-order valence-electron chi connectivity index (χ0n) is 9.96. The van der Waals surface area contributed by atoms with Crippen LogP contribution in [0.25, 0.3) is 11.3 Å². The minimum absolute atomic E-state index is 0.268. The van der Waals surface area contributed by atoms with Crippen molar-refractivity contribution in [3.8, 4) is 17.4 Å². The summed E-state index contributed by atoms with van der Waals surface area (Å²) in [6.45, 7) is 2.38. The summed E-state index contributed by atoms with van der Waals surface area (Å²) in [6, 6.07) is 13.3. The van der Waals surface area contributed by atoms with Gasteiger partial charge >= 0.3 is 0 Å². The summed E-state index contributed by atoms with van der Waals surface area (Å²) in [6.07, 6.45) is 1.29. The Balaban J connectivity index is 2.33. The maximum Gasteiger partial charge on any atom is 0.240 e. The molecular formula is C14H12N2O2. The molecule has 0 saturated heterocycles. The second-order valence-electron chi connectivity index (χ2n) is 3.50. The average molecular weight is 240 g/mol. The van der Waals surface area contributed by atoms with Crippen molar-refractivity contribution < 1.29 is 9.15 Å². The van der Waals surface area contributed by atoms with Crippen LogP contribution in [0.3, 0.4) is 0 Å². The highest BCUT2D eigenvalue weighted by Crippen LogP contribution is 2.30. The minimum atomic E-state index is 0.268. The molecule has 0 unspecified atom stereocenters. The van der Waals surface area contributed by atoms with Crippen molar-refractivity contribution in [3.63, 3.8) is 0 Å². The lowest BCUT2D eigenvalue weighted by Gasteiger charge is -1.94. The van der Waals surface area contributed by atoms with Gasteiger partial charge in [-0.3, -0.25) is 0 Å². The molecule has 0 bridgehead atoms. The van der Waals surface area contributed by atoms with Gasteiger partial charge in [0.2, 0.25) is 5.88 Å². The molecular weight excluding hydrogens is 228 g/mol. The Kier molecular flexibility index (Phi) is 3.77. The van der Waals surface area contributed by atoms with Gasteiger partial charge in [0, 0.05) is 11.6 Å². The van der Waals surface area contributed by atoms with Gasteiger partial charge in [-0.2, -0.15) is 10.3 Å². The fourth-order valence-corrected chi connectivity index (χ4v) is 1.46. The van der Waals surface area contributed by atoms with E-state index < -0.39 is 0 Å². The molecule has 0 atom stereocenters. The molecule has 4 nitrogen and oxygen atoms in total. The quantitative estimate of drug-likeness (QED) is 0.606. The molecule has 1 heterocycles. The molecule has 2 aromatic rings. The average Bonchev–Trinajstić information content (AvgIpc) is 2.83. The van der Waals surface area contributed by atoms with E-state index in [4.69, 9.17) is 14.4 Å². The number of hydrogen-bond donors (Lipinski definition) is 0. The van der Waals surface area contributed by atoms with Gasteiger partial charge in [-0.1, -0.05) is 30.3 Å². The van der Waals surface area contributed by atoms with E-state index >= 15 is 0 Å². The van der Waals surface area contributed by atoms with Crippen LogP contribution < -0.4 is 0 Å². The first-order chi connectivity index (χ1) is 8.85. The van der Waals surface area contributed by atoms with Crippen molar-refractivity contribution in [2.45, 2.75) is 6.92 Å². The number of nitrogens with zero attached hydrogens (tertiary/aromatic N) is 2. The maximum atomic E-state index is 9.01. The molecule has 2 rings (SSSR count). The summed E-state index contributed by atoms with van der Waals surface area (Å²) in [5.74, 6) is 0.889. The lowest BCUT2D eigenvalue weighted by Crippen LogP contribution is -1.83. The molecule has 0 aliphatic rings. The molecule has 90 valence electrons. The van der Waals surface area contributed by atoms with Gasteiger partial charge in [0.1, 0.15) is 17.4 Å². The molecule has 18 heavy (non-hydrogen) atoms. The number of furan rings is 1. The highest BCUT2D eigenvalue weighted by molar-refractivity contribution is 5.66. The van der Waals surface area contributed by atoms with E-state index in [9.17, 15) is 0 Å². The predicted molar refractivity (Wildman–Crippen MR) is 68.6 cm³/mol. The fourth-order valence-electron chi connectivity index (χ4n) is 1.46. The van der Waals surface area contributed by atoms with Crippen LogP contribution in [-0.2, 0) is 4.74 Å². The highest BCUT2D eigenvalue weighted by atomic mass is 16.5. The third-order valence-corrected chi connectivity index (χ3v) is 2.30. The van der Waals surface area contributed by atoms with Crippen LogP contribution in [0.15, 0.2) is 45.8 Å². The standard InChI is InChI=1S/C14H12N2O2/c1-2-17-10-16-14-12(9-15)8-13(18-14)11-6-4-3-5-7-11/h3-8,10H,2H2,1H3/b16-10+. The number of ether oxygens (including phenoxy) is 1. The molecule has 0 fully saturated rings. The highest BCUT2D eigenvalue weighted by Gasteiger charge is 2.10. The molecule has 4 heteroatoms. The van der Waals surface area contributed by atoms with Crippen molar-refractivity contribution in [1.82, 2.24) is 0 Å². The number of benzene rings is 1. The number of nitriles is 1. The van der Waals surface area contributed by atoms with E-state index in [1.54, 1.807) is 6.07 Å². The number of hydrogen-bond acceptors (Lipinski definition) is 4. The van der Waals surface area contributed by atoms with Gasteiger partial charge in [-0.25, -0.2) is 0 Å². The van der Waals surface area contributed by atoms with E-state index in [0.717, 1.165) is 5.56 Å². The topological polar surface area (TPSA) is 58.5 Å². The van der Waals surface area contributed by atoms with Crippen molar-refractivity contribution in [2.24, 2.45) is 4.99 Å². The molecule has 0 N–H and O–H groups in total. The van der Waals surface area contributed by atoms with Gasteiger partial charge in [0.15, 0.2) is 6.40 Å². The Hall–Kier alpha value is -2.54. The van der Waals surface area contributed by atoms with E-state index in [1.165, 1.54) is 6.40 Å². The van der Waals surface area contributed by atoms with Gasteiger partial charge < -0.3 is 9.15 Å². The van der Waals surface area contributed by atoms with E-state index in [1.807, 2.05) is 43.3 Å². The lowest BCUT2D eigenvalue weighted by molar-refractivity contribution is 0.343. The van der Waals surface area contributed by atoms with Gasteiger partial charge in [-0.05, 0) is 6.92 Å². The largest absolute Gasteiger partial charge is 0.483 e. The molecule has 0 aliphatic heterocycles. The Labute approximate surface area is 105 Å². The van der Waals surface area contributed by atoms with Gasteiger partial charge in [0.05, 0.1) is 6.61 Å². The number of aliphatic imine (C=N–C) groups is 1. The van der Waals surface area contributed by atoms with Crippen molar-refractivity contribution >= 4 is 12.3 Å². The molecule has 0 radical (unpaired) electrons. The van der Waals surface area contributed by atoms with Crippen LogP contribution in [0, 0.1) is 11.3 Å². The molecule has 0 saturated carbocycles. The van der Waals surface area contributed by atoms with Crippen LogP contribution >= 0.6 is 0 Å². The first kappa shape index (κ1) is 11.9. The van der Waals surface area contributed by atoms with Crippen LogP contribution in [-0.4, -0.2) is 13.0 Å². The normalized spacial score (nSPS) is 10.4. The first-order valence-corrected chi connectivity index (χ1v) is 5.58. The molecule has 1 aromatic carbocycles. The van der Waals surface area contributed by atoms with Crippen LogP contribution in [0.1, 0.15) is 12.5 Å². The Bertz CT molecular complexity index is 580. The summed E-state index contributed by atoms with van der Waals surface area (Å²) in [5, 5.41) is 9.01. The minimum Gasteiger partial charge on any atom is -0.483 e. The third-order valence-electron chi connectivity index (χ3n) is 2.30. The number of rotatable bonds is 4. The summed E-state index contributed by atoms with van der Waals surface area (Å²) >= 11 is 0. The van der Waals surface area contributed by atoms with Gasteiger partial charge in [0.25, 0.3) is 0 Å². The van der Waals surface area contributed by atoms with Crippen LogP contribution in [0.2, 0.25) is 0 Å². The van der Waals surface area contributed by atoms with Gasteiger partial charge in [-0.15, -0.1) is 0 Å². The molecule has 0 amide bonds. The van der Waals surface area contributed by atoms with E-state index in [2.05, 4.69) is 4.99 Å². The Morgan fingerprint density at radius 3 is 2.83 bits per heavy atom. The molecule has 0 spiro atoms. The second-order valence-corrected chi connectivity index (χ2v) is 3.50. The van der Waals surface area contributed by atoms with E-state index in [-0.39, 0.29) is 5.88 Å². The molecule has 0 aliphatic carbocycles. The Morgan fingerprint density at radius 1 is 1.39 bits per heavy atom. The maximum absolute atomic E-state index is 9.01. The summed E-state index contributed by atoms with van der Waals surface area (Å²) in [5.41, 5.74) is 1.30. The van der Waals surface area contributed by atoms with Crippen LogP contribution in [0.5, 0.6) is 0 Å². The van der Waals surface area contributed by atoms with Crippen molar-refractivity contribution in [1.29, 1.82) is 5.26 Å². The summed E-state index contributed by atoms with van der Waals surface area (Å²) < 4.78 is 10.5. The summed E-state index contributed by atoms with van der Waals surface area (Å²) in [4.78, 5) is 3.98. The lowest BCUT2D eigenvalue weighted by atomic mass is 10.1. The first-order valence-electron chi connectivity index (χ1n) is 5.58. The van der Waals surface area contributed by atoms with Crippen molar-refractivity contribution in [3.05, 3.63) is 42.0 Å². The summed E-state index contributed by atoms with van der Waals surface area (Å²) in [7, 11) is 0. The van der Waals surface area contributed by atoms with E-state index in [0.29, 0.717) is 17.9 Å². The predicted octanol–water partition coefficient (Wildman–Crippen LogP) is 3.51. The smallest absolute Gasteiger partial charge is 0.240 e. The van der Waals surface area contributed by atoms with Crippen molar-refractivity contribution in [2.75, 3.05) is 6.61 Å². The Morgan fingerprint density at radius 2 is 2.17 bits per heavy atom. The molecule has 1 aromatic heterocycles. The zero-order chi connectivity index (χ0) is 12.8. The fraction of sp³-hybridized carbons (Fsp3) is 0.143. The SMILES string of the molecule is CCO/C=N/c1oc(-c2ccccc2)cc1C#N. The third kappa shape index (κ3) is 2.58. The zero-order valence-corrected chi connectivity index (χ0v) is 9.96.